The van der Waals surface area contributed by atoms with E-state index in [0.717, 1.165) is 39.2 Å². The molecule has 0 spiro atoms. The largest absolute Gasteiger partial charge is 0.326 e. The predicted molar refractivity (Wildman–Crippen MR) is 146 cm³/mol. The maximum Gasteiger partial charge on any atom is 0.262 e. The van der Waals surface area contributed by atoms with Crippen molar-refractivity contribution in [3.8, 4) is 0 Å². The first-order valence-corrected chi connectivity index (χ1v) is 13.0. The molecule has 2 heterocycles. The number of aliphatic imine (C=N–C) groups is 1. The van der Waals surface area contributed by atoms with Crippen molar-refractivity contribution in [2.45, 2.75) is 44.9 Å². The highest BCUT2D eigenvalue weighted by molar-refractivity contribution is 8.15. The molecule has 2 amide bonds. The number of hydrazone groups is 1. The molecule has 0 fully saturated rings. The molecule has 188 valence electrons. The Bertz CT molecular complexity index is 1420. The molecule has 0 bridgehead atoms. The van der Waals surface area contributed by atoms with Crippen LogP contribution in [0.25, 0.3) is 0 Å². The average Bonchev–Trinajstić information content (AvgIpc) is 3.46. The lowest BCUT2D eigenvalue weighted by atomic mass is 9.98. The second-order valence-corrected chi connectivity index (χ2v) is 10.6. The molecule has 2 aliphatic heterocycles. The molecule has 5 rings (SSSR count). The minimum atomic E-state index is -0.621. The van der Waals surface area contributed by atoms with Crippen LogP contribution in [0.5, 0.6) is 0 Å². The summed E-state index contributed by atoms with van der Waals surface area (Å²) < 4.78 is 13.5. The van der Waals surface area contributed by atoms with Gasteiger partial charge in [-0.05, 0) is 55.7 Å². The summed E-state index contributed by atoms with van der Waals surface area (Å²) in [5.41, 5.74) is 6.61. The molecule has 8 heteroatoms. The van der Waals surface area contributed by atoms with Gasteiger partial charge in [-0.1, -0.05) is 71.4 Å². The molecule has 0 saturated carbocycles. The molecule has 6 nitrogen and oxygen atoms in total. The number of hydrogen-bond acceptors (Lipinski definition) is 5. The van der Waals surface area contributed by atoms with Crippen LogP contribution in [0.2, 0.25) is 0 Å². The Hall–Kier alpha value is -3.78. The average molecular weight is 515 g/mol. The quantitative estimate of drug-likeness (QED) is 0.458. The zero-order chi connectivity index (χ0) is 26.1. The maximum atomic E-state index is 13.5. The summed E-state index contributed by atoms with van der Waals surface area (Å²) in [6.07, 6.45) is 0.599. The van der Waals surface area contributed by atoms with Crippen molar-refractivity contribution >= 4 is 40.1 Å². The van der Waals surface area contributed by atoms with Gasteiger partial charge in [0.2, 0.25) is 5.91 Å². The molecule has 0 aliphatic carbocycles. The zero-order valence-corrected chi connectivity index (χ0v) is 21.7. The first-order valence-electron chi connectivity index (χ1n) is 12.1. The minimum absolute atomic E-state index is 0.0153. The number of rotatable bonds is 5. The molecule has 37 heavy (non-hydrogen) atoms. The van der Waals surface area contributed by atoms with E-state index in [0.29, 0.717) is 11.6 Å². The highest BCUT2D eigenvalue weighted by atomic mass is 32.2. The van der Waals surface area contributed by atoms with Gasteiger partial charge in [-0.3, -0.25) is 9.59 Å². The number of halogens is 1. The fraction of sp³-hybridized carbons (Fsp3) is 0.241. The molecule has 3 aromatic carbocycles. The van der Waals surface area contributed by atoms with Crippen LogP contribution in [0, 0.1) is 26.6 Å². The van der Waals surface area contributed by atoms with Gasteiger partial charge in [-0.2, -0.15) is 10.1 Å². The fourth-order valence-electron chi connectivity index (χ4n) is 4.48. The number of carbonyl (C=O) groups is 2. The van der Waals surface area contributed by atoms with Crippen LogP contribution < -0.4 is 5.32 Å². The molecule has 0 unspecified atom stereocenters. The lowest BCUT2D eigenvalue weighted by Gasteiger charge is -2.23. The van der Waals surface area contributed by atoms with Gasteiger partial charge in [0, 0.05) is 18.5 Å². The summed E-state index contributed by atoms with van der Waals surface area (Å²) in [7, 11) is 0. The second kappa shape index (κ2) is 10.3. The van der Waals surface area contributed by atoms with E-state index >= 15 is 0 Å². The smallest absolute Gasteiger partial charge is 0.262 e. The van der Waals surface area contributed by atoms with Crippen LogP contribution in [0.3, 0.4) is 0 Å². The second-order valence-electron chi connectivity index (χ2n) is 9.44. The van der Waals surface area contributed by atoms with Crippen LogP contribution in [0.1, 0.15) is 46.7 Å². The Morgan fingerprint density at radius 2 is 1.73 bits per heavy atom. The number of carbonyl (C=O) groups excluding carboxylic acids is 2. The summed E-state index contributed by atoms with van der Waals surface area (Å²) >= 11 is 1.26. The molecule has 0 aromatic heterocycles. The van der Waals surface area contributed by atoms with Crippen LogP contribution in [-0.2, 0) is 9.59 Å². The van der Waals surface area contributed by atoms with Gasteiger partial charge < -0.3 is 5.32 Å². The highest BCUT2D eigenvalue weighted by Gasteiger charge is 2.39. The highest BCUT2D eigenvalue weighted by Crippen LogP contribution is 2.38. The molecule has 0 radical (unpaired) electrons. The molecular formula is C29H27FN4O2S. The van der Waals surface area contributed by atoms with E-state index in [1.54, 1.807) is 17.1 Å². The number of thioether (sulfide) groups is 1. The first kappa shape index (κ1) is 24.9. The van der Waals surface area contributed by atoms with Crippen LogP contribution in [0.4, 0.5) is 10.1 Å². The van der Waals surface area contributed by atoms with E-state index in [4.69, 9.17) is 5.10 Å². The van der Waals surface area contributed by atoms with Gasteiger partial charge in [0.25, 0.3) is 5.91 Å². The van der Waals surface area contributed by atoms with Crippen molar-refractivity contribution in [2.24, 2.45) is 10.1 Å². The topological polar surface area (TPSA) is 74.1 Å². The normalized spacial score (nSPS) is 19.1. The Labute approximate surface area is 219 Å². The van der Waals surface area contributed by atoms with Crippen LogP contribution in [-0.4, -0.2) is 33.0 Å². The third-order valence-corrected chi connectivity index (χ3v) is 7.64. The van der Waals surface area contributed by atoms with Crippen LogP contribution >= 0.6 is 11.8 Å². The van der Waals surface area contributed by atoms with E-state index < -0.39 is 5.25 Å². The summed E-state index contributed by atoms with van der Waals surface area (Å²) in [5, 5.41) is 9.34. The number of anilines is 1. The summed E-state index contributed by atoms with van der Waals surface area (Å²) in [6.45, 7) is 5.96. The van der Waals surface area contributed by atoms with E-state index in [2.05, 4.69) is 10.3 Å². The Balaban J connectivity index is 1.35. The van der Waals surface area contributed by atoms with Gasteiger partial charge in [0.05, 0.1) is 11.8 Å². The van der Waals surface area contributed by atoms with Crippen molar-refractivity contribution in [1.82, 2.24) is 5.01 Å². The molecule has 1 N–H and O–H groups in total. The van der Waals surface area contributed by atoms with Crippen molar-refractivity contribution in [1.29, 1.82) is 0 Å². The van der Waals surface area contributed by atoms with Gasteiger partial charge in [0.15, 0.2) is 5.17 Å². The van der Waals surface area contributed by atoms with E-state index in [-0.39, 0.29) is 30.1 Å². The first-order chi connectivity index (χ1) is 17.8. The van der Waals surface area contributed by atoms with Crippen molar-refractivity contribution in [2.75, 3.05) is 5.32 Å². The third-order valence-electron chi connectivity index (χ3n) is 6.50. The Morgan fingerprint density at radius 3 is 2.43 bits per heavy atom. The molecule has 2 aliphatic rings. The number of amidine groups is 1. The van der Waals surface area contributed by atoms with Gasteiger partial charge in [-0.25, -0.2) is 9.40 Å². The lowest BCUT2D eigenvalue weighted by molar-refractivity contribution is -0.121. The standard InChI is InChI=1S/C29H27FN4O2S/c1-17-4-7-21(8-5-17)25-15-24(20-9-11-22(30)12-10-20)33-34(25)29-32-28(36)26(37-29)16-27(35)31-23-13-6-18(2)14-19(23)3/h4-14,25-26H,15-16H2,1-3H3,(H,31,35)/t25-,26+/m1/s1. The summed E-state index contributed by atoms with van der Waals surface area (Å²) in [6, 6.07) is 20.1. The minimum Gasteiger partial charge on any atom is -0.326 e. The number of nitrogens with one attached hydrogen (secondary N) is 1. The molecular weight excluding hydrogens is 487 g/mol. The SMILES string of the molecule is Cc1ccc([C@H]2CC(c3ccc(F)cc3)=NN2C2=NC(=O)[C@H](CC(=O)Nc3ccc(C)cc3C)S2)cc1. The maximum absolute atomic E-state index is 13.5. The number of aryl methyl sites for hydroxylation is 3. The van der Waals surface area contributed by atoms with E-state index in [1.165, 1.54) is 23.9 Å². The number of hydrogen-bond donors (Lipinski definition) is 1. The molecule has 2 atom stereocenters. The van der Waals surface area contributed by atoms with Gasteiger partial charge in [0.1, 0.15) is 11.1 Å². The summed E-state index contributed by atoms with van der Waals surface area (Å²) in [5.74, 6) is -0.886. The van der Waals surface area contributed by atoms with E-state index in [9.17, 15) is 14.0 Å². The number of amides is 2. The zero-order valence-electron chi connectivity index (χ0n) is 20.9. The Kier molecular flexibility index (Phi) is 6.93. The molecule has 3 aromatic rings. The van der Waals surface area contributed by atoms with Crippen LogP contribution in [0.15, 0.2) is 76.8 Å². The van der Waals surface area contributed by atoms with Crippen molar-refractivity contribution < 1.29 is 14.0 Å². The Morgan fingerprint density at radius 1 is 1.03 bits per heavy atom. The predicted octanol–water partition coefficient (Wildman–Crippen LogP) is 5.93. The van der Waals surface area contributed by atoms with Crippen molar-refractivity contribution in [3.05, 3.63) is 100 Å². The number of nitrogens with zero attached hydrogens (tertiary/aromatic N) is 3. The monoisotopic (exact) mass is 514 g/mol. The molecule has 0 saturated heterocycles. The lowest BCUT2D eigenvalue weighted by Crippen LogP contribution is -2.25. The van der Waals surface area contributed by atoms with Gasteiger partial charge in [-0.15, -0.1) is 0 Å². The fourth-order valence-corrected chi connectivity index (χ4v) is 5.54. The van der Waals surface area contributed by atoms with Gasteiger partial charge >= 0.3 is 0 Å². The third kappa shape index (κ3) is 5.49. The summed E-state index contributed by atoms with van der Waals surface area (Å²) in [4.78, 5) is 29.9. The number of benzene rings is 3. The van der Waals surface area contributed by atoms with Crippen molar-refractivity contribution in [3.63, 3.8) is 0 Å². The van der Waals surface area contributed by atoms with E-state index in [1.807, 2.05) is 63.2 Å².